The fraction of sp³-hybridized carbons (Fsp3) is 0.368. The van der Waals surface area contributed by atoms with Crippen LogP contribution in [0, 0.1) is 5.92 Å². The zero-order chi connectivity index (χ0) is 16.5. The van der Waals surface area contributed by atoms with Gasteiger partial charge in [0.1, 0.15) is 5.76 Å². The Morgan fingerprint density at radius 1 is 1.33 bits per heavy atom. The number of H-pyrrole nitrogens is 1. The molecule has 1 N–H and O–H groups in total. The first-order valence-electron chi connectivity index (χ1n) is 8.47. The van der Waals surface area contributed by atoms with Crippen LogP contribution in [0.3, 0.4) is 0 Å². The van der Waals surface area contributed by atoms with E-state index in [0.717, 1.165) is 41.7 Å². The molecule has 1 fully saturated rings. The summed E-state index contributed by atoms with van der Waals surface area (Å²) in [5.41, 5.74) is 1.78. The number of benzene rings is 1. The Hall–Kier alpha value is -2.56. The van der Waals surface area contributed by atoms with E-state index in [2.05, 4.69) is 17.1 Å². The summed E-state index contributed by atoms with van der Waals surface area (Å²) in [6, 6.07) is 11.8. The number of furan rings is 1. The molecule has 0 saturated carbocycles. The van der Waals surface area contributed by atoms with Crippen molar-refractivity contribution < 1.29 is 9.21 Å². The molecule has 0 spiro atoms. The number of hydrogen-bond acceptors (Lipinski definition) is 3. The van der Waals surface area contributed by atoms with Crippen LogP contribution in [0.25, 0.3) is 10.9 Å². The molecule has 1 aliphatic rings. The van der Waals surface area contributed by atoms with Crippen LogP contribution in [-0.2, 0) is 11.2 Å². The van der Waals surface area contributed by atoms with Crippen molar-refractivity contribution in [2.24, 2.45) is 5.92 Å². The minimum atomic E-state index is 0.0328. The number of likely N-dealkylation sites (tertiary alicyclic amines) is 1. The number of nitrogens with one attached hydrogen (secondary N) is 1. The highest BCUT2D eigenvalue weighted by Gasteiger charge is 2.32. The Balaban J connectivity index is 1.58. The van der Waals surface area contributed by atoms with E-state index in [1.54, 1.807) is 6.26 Å². The highest BCUT2D eigenvalue weighted by Crippen LogP contribution is 2.34. The zero-order valence-corrected chi connectivity index (χ0v) is 13.7. The second kappa shape index (κ2) is 6.15. The quantitative estimate of drug-likeness (QED) is 0.799. The van der Waals surface area contributed by atoms with Gasteiger partial charge in [-0.15, -0.1) is 0 Å². The van der Waals surface area contributed by atoms with E-state index in [4.69, 9.17) is 4.42 Å². The Labute approximate surface area is 140 Å². The van der Waals surface area contributed by atoms with Gasteiger partial charge in [0.15, 0.2) is 0 Å². The summed E-state index contributed by atoms with van der Waals surface area (Å²) in [5.74, 6) is 1.60. The summed E-state index contributed by atoms with van der Waals surface area (Å²) >= 11 is 0. The molecule has 0 radical (unpaired) electrons. The SMILES string of the molecule is C[C@H]1CCN(C(=O)Cc2[nH]nc3ccccc23)[C@@H](c2ccco2)C1. The van der Waals surface area contributed by atoms with Crippen LogP contribution in [0.4, 0.5) is 0 Å². The number of rotatable bonds is 3. The number of amides is 1. The van der Waals surface area contributed by atoms with E-state index < -0.39 is 0 Å². The lowest BCUT2D eigenvalue weighted by atomic mass is 9.90. The molecule has 0 unspecified atom stereocenters. The van der Waals surface area contributed by atoms with Crippen LogP contribution in [-0.4, -0.2) is 27.5 Å². The van der Waals surface area contributed by atoms with E-state index in [0.29, 0.717) is 12.3 Å². The third-order valence-corrected chi connectivity index (χ3v) is 4.93. The molecule has 1 aromatic carbocycles. The second-order valence-corrected chi connectivity index (χ2v) is 6.64. The predicted octanol–water partition coefficient (Wildman–Crippen LogP) is 3.70. The summed E-state index contributed by atoms with van der Waals surface area (Å²) in [6.07, 6.45) is 4.00. The number of carbonyl (C=O) groups excluding carboxylic acids is 1. The van der Waals surface area contributed by atoms with E-state index >= 15 is 0 Å². The minimum absolute atomic E-state index is 0.0328. The van der Waals surface area contributed by atoms with Gasteiger partial charge in [-0.2, -0.15) is 5.10 Å². The lowest BCUT2D eigenvalue weighted by molar-refractivity contribution is -0.135. The molecule has 3 heterocycles. The standard InChI is InChI=1S/C19H21N3O2/c1-13-8-9-22(17(11-13)18-7-4-10-24-18)19(23)12-16-14-5-2-3-6-15(14)20-21-16/h2-7,10,13,17H,8-9,11-12H2,1H3,(H,20,21)/t13-,17+/m0/s1. The normalized spacial score (nSPS) is 21.3. The van der Waals surface area contributed by atoms with Gasteiger partial charge in [0.05, 0.1) is 29.9 Å². The predicted molar refractivity (Wildman–Crippen MR) is 91.4 cm³/mol. The molecular formula is C19H21N3O2. The maximum Gasteiger partial charge on any atom is 0.229 e. The van der Waals surface area contributed by atoms with Gasteiger partial charge in [0.25, 0.3) is 0 Å². The van der Waals surface area contributed by atoms with Gasteiger partial charge in [-0.05, 0) is 37.0 Å². The smallest absolute Gasteiger partial charge is 0.229 e. The third kappa shape index (κ3) is 2.70. The molecule has 1 aliphatic heterocycles. The molecule has 5 heteroatoms. The first-order valence-corrected chi connectivity index (χ1v) is 8.47. The number of piperidine rings is 1. The van der Waals surface area contributed by atoms with Gasteiger partial charge in [-0.3, -0.25) is 9.89 Å². The van der Waals surface area contributed by atoms with Crippen LogP contribution < -0.4 is 0 Å². The maximum atomic E-state index is 13.0. The Kier molecular flexibility index (Phi) is 3.84. The van der Waals surface area contributed by atoms with Gasteiger partial charge in [0, 0.05) is 11.9 Å². The number of para-hydroxylation sites is 1. The lowest BCUT2D eigenvalue weighted by Gasteiger charge is -2.37. The monoisotopic (exact) mass is 323 g/mol. The Morgan fingerprint density at radius 3 is 3.04 bits per heavy atom. The van der Waals surface area contributed by atoms with Crippen molar-refractivity contribution >= 4 is 16.8 Å². The number of aromatic amines is 1. The number of fused-ring (bicyclic) bond motifs is 1. The van der Waals surface area contributed by atoms with Crippen molar-refractivity contribution in [3.8, 4) is 0 Å². The molecular weight excluding hydrogens is 302 g/mol. The van der Waals surface area contributed by atoms with E-state index in [1.807, 2.05) is 41.3 Å². The summed E-state index contributed by atoms with van der Waals surface area (Å²) in [6.45, 7) is 3.01. The van der Waals surface area contributed by atoms with Gasteiger partial charge in [-0.1, -0.05) is 25.1 Å². The van der Waals surface area contributed by atoms with E-state index in [-0.39, 0.29) is 11.9 Å². The molecule has 0 bridgehead atoms. The number of hydrogen-bond donors (Lipinski definition) is 1. The molecule has 2 atom stereocenters. The molecule has 4 rings (SSSR count). The lowest BCUT2D eigenvalue weighted by Crippen LogP contribution is -2.41. The average Bonchev–Trinajstić information content (AvgIpc) is 3.25. The first kappa shape index (κ1) is 15.0. The maximum absolute atomic E-state index is 13.0. The molecule has 3 aromatic rings. The number of aromatic nitrogens is 2. The fourth-order valence-corrected chi connectivity index (χ4v) is 3.59. The van der Waals surface area contributed by atoms with Crippen molar-refractivity contribution in [2.45, 2.75) is 32.2 Å². The largest absolute Gasteiger partial charge is 0.467 e. The van der Waals surface area contributed by atoms with Crippen LogP contribution in [0.2, 0.25) is 0 Å². The third-order valence-electron chi connectivity index (χ3n) is 4.93. The van der Waals surface area contributed by atoms with Gasteiger partial charge in [0.2, 0.25) is 5.91 Å². The second-order valence-electron chi connectivity index (χ2n) is 6.64. The van der Waals surface area contributed by atoms with Crippen molar-refractivity contribution in [2.75, 3.05) is 6.54 Å². The minimum Gasteiger partial charge on any atom is -0.467 e. The van der Waals surface area contributed by atoms with E-state index in [9.17, 15) is 4.79 Å². The number of nitrogens with zero attached hydrogens (tertiary/aromatic N) is 2. The molecule has 124 valence electrons. The molecule has 5 nitrogen and oxygen atoms in total. The highest BCUT2D eigenvalue weighted by atomic mass is 16.3. The van der Waals surface area contributed by atoms with Crippen LogP contribution >= 0.6 is 0 Å². The highest BCUT2D eigenvalue weighted by molar-refractivity contribution is 5.87. The van der Waals surface area contributed by atoms with Gasteiger partial charge >= 0.3 is 0 Å². The van der Waals surface area contributed by atoms with E-state index in [1.165, 1.54) is 0 Å². The molecule has 1 amide bonds. The molecule has 1 saturated heterocycles. The summed E-state index contributed by atoms with van der Waals surface area (Å²) in [4.78, 5) is 14.9. The molecule has 0 aliphatic carbocycles. The fourth-order valence-electron chi connectivity index (χ4n) is 3.59. The summed E-state index contributed by atoms with van der Waals surface area (Å²) in [5, 5.41) is 8.32. The van der Waals surface area contributed by atoms with Gasteiger partial charge < -0.3 is 9.32 Å². The topological polar surface area (TPSA) is 62.1 Å². The van der Waals surface area contributed by atoms with Crippen molar-refractivity contribution in [3.63, 3.8) is 0 Å². The van der Waals surface area contributed by atoms with Crippen LogP contribution in [0.1, 0.15) is 37.3 Å². The van der Waals surface area contributed by atoms with Crippen molar-refractivity contribution in [1.29, 1.82) is 0 Å². The van der Waals surface area contributed by atoms with Crippen LogP contribution in [0.15, 0.2) is 47.1 Å². The van der Waals surface area contributed by atoms with Crippen molar-refractivity contribution in [3.05, 3.63) is 54.1 Å². The Morgan fingerprint density at radius 2 is 2.21 bits per heavy atom. The molecule has 24 heavy (non-hydrogen) atoms. The summed E-state index contributed by atoms with van der Waals surface area (Å²) < 4.78 is 5.59. The number of carbonyl (C=O) groups is 1. The molecule has 2 aromatic heterocycles. The average molecular weight is 323 g/mol. The van der Waals surface area contributed by atoms with Gasteiger partial charge in [-0.25, -0.2) is 0 Å². The Bertz CT molecular complexity index is 837. The zero-order valence-electron chi connectivity index (χ0n) is 13.7. The summed E-state index contributed by atoms with van der Waals surface area (Å²) in [7, 11) is 0. The van der Waals surface area contributed by atoms with Crippen molar-refractivity contribution in [1.82, 2.24) is 15.1 Å². The first-order chi connectivity index (χ1) is 11.7. The van der Waals surface area contributed by atoms with Crippen LogP contribution in [0.5, 0.6) is 0 Å².